The second kappa shape index (κ2) is 6.60. The van der Waals surface area contributed by atoms with Gasteiger partial charge in [-0.3, -0.25) is 9.59 Å². The highest BCUT2D eigenvalue weighted by atomic mass is 19.1. The molecule has 0 saturated carbocycles. The second-order valence-electron chi connectivity index (χ2n) is 5.58. The Morgan fingerprint density at radius 1 is 1.39 bits per heavy atom. The van der Waals surface area contributed by atoms with Gasteiger partial charge < -0.3 is 10.2 Å². The summed E-state index contributed by atoms with van der Waals surface area (Å²) in [5.41, 5.74) is 1.32. The number of hydrogen-bond donors (Lipinski definition) is 2. The van der Waals surface area contributed by atoms with Crippen LogP contribution in [0.2, 0.25) is 0 Å². The molecule has 0 spiro atoms. The van der Waals surface area contributed by atoms with Crippen LogP contribution in [0.25, 0.3) is 0 Å². The Balaban J connectivity index is 1.55. The van der Waals surface area contributed by atoms with Crippen molar-refractivity contribution in [1.29, 1.82) is 0 Å². The van der Waals surface area contributed by atoms with Crippen molar-refractivity contribution < 1.29 is 9.18 Å². The molecule has 1 aliphatic rings. The fourth-order valence-corrected chi connectivity index (χ4v) is 2.68. The van der Waals surface area contributed by atoms with E-state index in [9.17, 15) is 14.0 Å². The van der Waals surface area contributed by atoms with E-state index >= 15 is 0 Å². The van der Waals surface area contributed by atoms with Gasteiger partial charge in [-0.25, -0.2) is 9.49 Å². The van der Waals surface area contributed by atoms with Crippen LogP contribution < -0.4 is 15.8 Å². The average molecular weight is 316 g/mol. The molecule has 2 aromatic rings. The van der Waals surface area contributed by atoms with Crippen LogP contribution in [0.15, 0.2) is 41.3 Å². The van der Waals surface area contributed by atoms with Crippen molar-refractivity contribution in [3.8, 4) is 0 Å². The molecule has 1 atom stereocenters. The molecule has 1 aliphatic heterocycles. The first-order chi connectivity index (χ1) is 11.1. The minimum Gasteiger partial charge on any atom is -0.369 e. The van der Waals surface area contributed by atoms with Crippen molar-refractivity contribution in [3.63, 3.8) is 0 Å². The predicted octanol–water partition coefficient (Wildman–Crippen LogP) is 1.05. The minimum atomic E-state index is -0.294. The zero-order valence-corrected chi connectivity index (χ0v) is 12.5. The zero-order chi connectivity index (χ0) is 16.2. The van der Waals surface area contributed by atoms with Crippen LogP contribution in [0.1, 0.15) is 12.0 Å². The SMILES string of the molecule is O=C(NCc1ccc(F)cc1)[C@H]1CCN(c2cn[nH]c(=O)c2)C1. The Morgan fingerprint density at radius 3 is 2.91 bits per heavy atom. The van der Waals surface area contributed by atoms with Crippen molar-refractivity contribution in [1.82, 2.24) is 15.5 Å². The van der Waals surface area contributed by atoms with Gasteiger partial charge in [-0.15, -0.1) is 0 Å². The van der Waals surface area contributed by atoms with Crippen LogP contribution in [0.4, 0.5) is 10.1 Å². The fraction of sp³-hybridized carbons (Fsp3) is 0.312. The number of H-pyrrole nitrogens is 1. The summed E-state index contributed by atoms with van der Waals surface area (Å²) in [4.78, 5) is 25.5. The molecule has 1 aromatic heterocycles. The monoisotopic (exact) mass is 316 g/mol. The first kappa shape index (κ1) is 15.2. The lowest BCUT2D eigenvalue weighted by Crippen LogP contribution is -2.32. The van der Waals surface area contributed by atoms with Crippen molar-refractivity contribution in [2.45, 2.75) is 13.0 Å². The average Bonchev–Trinajstić information content (AvgIpc) is 3.04. The Kier molecular flexibility index (Phi) is 4.36. The Bertz CT molecular complexity index is 744. The fourth-order valence-electron chi connectivity index (χ4n) is 2.68. The molecule has 6 nitrogen and oxygen atoms in total. The van der Waals surface area contributed by atoms with Gasteiger partial charge in [-0.1, -0.05) is 12.1 Å². The highest BCUT2D eigenvalue weighted by Crippen LogP contribution is 2.22. The van der Waals surface area contributed by atoms with Crippen LogP contribution in [0.5, 0.6) is 0 Å². The van der Waals surface area contributed by atoms with E-state index in [0.717, 1.165) is 17.7 Å². The van der Waals surface area contributed by atoms with Gasteiger partial charge in [0.15, 0.2) is 0 Å². The third kappa shape index (κ3) is 3.74. The Labute approximate surface area is 132 Å². The third-order valence-electron chi connectivity index (χ3n) is 3.95. The number of aromatic nitrogens is 2. The summed E-state index contributed by atoms with van der Waals surface area (Å²) >= 11 is 0. The zero-order valence-electron chi connectivity index (χ0n) is 12.5. The molecule has 0 unspecified atom stereocenters. The number of carbonyl (C=O) groups is 1. The maximum absolute atomic E-state index is 12.8. The summed E-state index contributed by atoms with van der Waals surface area (Å²) in [5, 5.41) is 8.98. The molecular weight excluding hydrogens is 299 g/mol. The summed E-state index contributed by atoms with van der Waals surface area (Å²) in [6.45, 7) is 1.64. The minimum absolute atomic E-state index is 0.0328. The van der Waals surface area contributed by atoms with E-state index in [4.69, 9.17) is 0 Å². The maximum atomic E-state index is 12.8. The normalized spacial score (nSPS) is 17.3. The molecule has 1 amide bonds. The number of benzene rings is 1. The van der Waals surface area contributed by atoms with E-state index in [1.807, 2.05) is 4.90 Å². The van der Waals surface area contributed by atoms with Crippen LogP contribution in [-0.2, 0) is 11.3 Å². The molecule has 0 aliphatic carbocycles. The number of amides is 1. The van der Waals surface area contributed by atoms with E-state index in [1.165, 1.54) is 18.2 Å². The van der Waals surface area contributed by atoms with Crippen LogP contribution in [0, 0.1) is 11.7 Å². The van der Waals surface area contributed by atoms with E-state index in [1.54, 1.807) is 18.3 Å². The van der Waals surface area contributed by atoms with Crippen LogP contribution in [0.3, 0.4) is 0 Å². The van der Waals surface area contributed by atoms with E-state index in [0.29, 0.717) is 19.6 Å². The van der Waals surface area contributed by atoms with Gasteiger partial charge in [-0.05, 0) is 24.1 Å². The molecule has 2 heterocycles. The summed E-state index contributed by atoms with van der Waals surface area (Å²) in [5.74, 6) is -0.456. The van der Waals surface area contributed by atoms with Gasteiger partial charge in [0.25, 0.3) is 5.56 Å². The highest BCUT2D eigenvalue weighted by Gasteiger charge is 2.28. The molecule has 2 N–H and O–H groups in total. The number of nitrogens with zero attached hydrogens (tertiary/aromatic N) is 2. The van der Waals surface area contributed by atoms with Gasteiger partial charge in [0.2, 0.25) is 5.91 Å². The van der Waals surface area contributed by atoms with E-state index in [-0.39, 0.29) is 23.2 Å². The molecule has 1 saturated heterocycles. The largest absolute Gasteiger partial charge is 0.369 e. The van der Waals surface area contributed by atoms with Crippen LogP contribution >= 0.6 is 0 Å². The first-order valence-electron chi connectivity index (χ1n) is 7.43. The summed E-state index contributed by atoms with van der Waals surface area (Å²) in [6, 6.07) is 7.53. The molecule has 7 heteroatoms. The molecule has 1 fully saturated rings. The second-order valence-corrected chi connectivity index (χ2v) is 5.58. The summed E-state index contributed by atoms with van der Waals surface area (Å²) < 4.78 is 12.8. The molecule has 23 heavy (non-hydrogen) atoms. The van der Waals surface area contributed by atoms with Gasteiger partial charge in [-0.2, -0.15) is 5.10 Å². The van der Waals surface area contributed by atoms with E-state index in [2.05, 4.69) is 15.5 Å². The number of halogens is 1. The number of anilines is 1. The first-order valence-corrected chi connectivity index (χ1v) is 7.43. The molecule has 3 rings (SSSR count). The van der Waals surface area contributed by atoms with Gasteiger partial charge >= 0.3 is 0 Å². The third-order valence-corrected chi connectivity index (χ3v) is 3.95. The molecular formula is C16H17FN4O2. The number of rotatable bonds is 4. The summed E-state index contributed by atoms with van der Waals surface area (Å²) in [7, 11) is 0. The maximum Gasteiger partial charge on any atom is 0.266 e. The quantitative estimate of drug-likeness (QED) is 0.884. The topological polar surface area (TPSA) is 78.1 Å². The predicted molar refractivity (Wildman–Crippen MR) is 83.4 cm³/mol. The van der Waals surface area contributed by atoms with Crippen molar-refractivity contribution in [3.05, 3.63) is 58.3 Å². The summed E-state index contributed by atoms with van der Waals surface area (Å²) in [6.07, 6.45) is 2.31. The number of aromatic amines is 1. The van der Waals surface area contributed by atoms with Gasteiger partial charge in [0.1, 0.15) is 5.82 Å². The number of nitrogens with one attached hydrogen (secondary N) is 2. The number of hydrogen-bond acceptors (Lipinski definition) is 4. The Morgan fingerprint density at radius 2 is 2.17 bits per heavy atom. The molecule has 0 radical (unpaired) electrons. The lowest BCUT2D eigenvalue weighted by Gasteiger charge is -2.17. The van der Waals surface area contributed by atoms with Gasteiger partial charge in [0, 0.05) is 25.7 Å². The van der Waals surface area contributed by atoms with Crippen LogP contribution in [-0.4, -0.2) is 29.2 Å². The Hall–Kier alpha value is -2.70. The lowest BCUT2D eigenvalue weighted by atomic mass is 10.1. The molecule has 120 valence electrons. The number of carbonyl (C=O) groups excluding carboxylic acids is 1. The van der Waals surface area contributed by atoms with Crippen molar-refractivity contribution in [2.24, 2.45) is 5.92 Å². The highest BCUT2D eigenvalue weighted by molar-refractivity contribution is 5.80. The van der Waals surface area contributed by atoms with Gasteiger partial charge in [0.05, 0.1) is 17.8 Å². The van der Waals surface area contributed by atoms with Crippen molar-refractivity contribution >= 4 is 11.6 Å². The molecule has 1 aromatic carbocycles. The van der Waals surface area contributed by atoms with Crippen molar-refractivity contribution in [2.75, 3.05) is 18.0 Å². The smallest absolute Gasteiger partial charge is 0.266 e. The standard InChI is InChI=1S/C16H17FN4O2/c17-13-3-1-11(2-4-13)8-18-16(23)12-5-6-21(10-12)14-7-15(22)20-19-9-14/h1-4,7,9,12H,5-6,8,10H2,(H,18,23)(H,20,22)/t12-/m0/s1. The van der Waals surface area contributed by atoms with E-state index < -0.39 is 0 Å². The lowest BCUT2D eigenvalue weighted by molar-refractivity contribution is -0.124. The molecule has 0 bridgehead atoms.